The average Bonchev–Trinajstić information content (AvgIpc) is 3.20. The molecule has 1 aromatic rings. The van der Waals surface area contributed by atoms with Gasteiger partial charge in [0.25, 0.3) is 0 Å². The van der Waals surface area contributed by atoms with E-state index in [0.717, 1.165) is 17.4 Å². The number of benzene rings is 1. The quantitative estimate of drug-likeness (QED) is 0.624. The van der Waals surface area contributed by atoms with Crippen molar-refractivity contribution in [1.29, 1.82) is 0 Å². The molecule has 0 bridgehead atoms. The summed E-state index contributed by atoms with van der Waals surface area (Å²) in [5.41, 5.74) is 1.01. The second kappa shape index (κ2) is 7.58. The smallest absolute Gasteiger partial charge is 0.191 e. The number of hydrogen-bond donors (Lipinski definition) is 2. The zero-order valence-electron chi connectivity index (χ0n) is 13.6. The maximum Gasteiger partial charge on any atom is 0.191 e. The summed E-state index contributed by atoms with van der Waals surface area (Å²) in [6, 6.07) is 4.34. The number of aliphatic imine (C=N–C) groups is 1. The highest BCUT2D eigenvalue weighted by Gasteiger charge is 2.33. The first-order valence-corrected chi connectivity index (χ1v) is 7.93. The second-order valence-corrected chi connectivity index (χ2v) is 5.84. The number of ether oxygens (including phenoxy) is 2. The third-order valence-electron chi connectivity index (χ3n) is 3.69. The van der Waals surface area contributed by atoms with Gasteiger partial charge in [-0.25, -0.2) is 0 Å². The highest BCUT2D eigenvalue weighted by molar-refractivity contribution is 6.32. The summed E-state index contributed by atoms with van der Waals surface area (Å²) in [5, 5.41) is 7.23. The van der Waals surface area contributed by atoms with Gasteiger partial charge in [-0.1, -0.05) is 18.5 Å². The van der Waals surface area contributed by atoms with Crippen LogP contribution in [0.4, 0.5) is 0 Å². The van der Waals surface area contributed by atoms with E-state index in [2.05, 4.69) is 22.5 Å². The number of nitrogens with one attached hydrogen (secondary N) is 2. The molecule has 0 heterocycles. The molecule has 2 unspecified atom stereocenters. The Hall–Kier alpha value is -1.62. The molecule has 22 heavy (non-hydrogen) atoms. The fourth-order valence-electron chi connectivity index (χ4n) is 2.24. The van der Waals surface area contributed by atoms with Crippen molar-refractivity contribution in [3.05, 3.63) is 22.7 Å². The Morgan fingerprint density at radius 3 is 2.73 bits per heavy atom. The van der Waals surface area contributed by atoms with E-state index in [-0.39, 0.29) is 0 Å². The Bertz CT molecular complexity index is 548. The first kappa shape index (κ1) is 16.7. The van der Waals surface area contributed by atoms with Gasteiger partial charge in [0.15, 0.2) is 17.5 Å². The van der Waals surface area contributed by atoms with Crippen LogP contribution in [0.2, 0.25) is 5.02 Å². The molecule has 0 aliphatic heterocycles. The molecule has 2 atom stereocenters. The molecule has 0 spiro atoms. The van der Waals surface area contributed by atoms with Crippen molar-refractivity contribution < 1.29 is 9.47 Å². The largest absolute Gasteiger partial charge is 0.493 e. The van der Waals surface area contributed by atoms with Gasteiger partial charge in [-0.2, -0.15) is 0 Å². The fraction of sp³-hybridized carbons (Fsp3) is 0.562. The molecule has 122 valence electrons. The lowest BCUT2D eigenvalue weighted by Gasteiger charge is -2.15. The van der Waals surface area contributed by atoms with E-state index in [1.807, 2.05) is 19.1 Å². The summed E-state index contributed by atoms with van der Waals surface area (Å²) in [4.78, 5) is 4.24. The molecule has 2 rings (SSSR count). The predicted octanol–water partition coefficient (Wildman–Crippen LogP) is 2.82. The Morgan fingerprint density at radius 2 is 2.18 bits per heavy atom. The molecular weight excluding hydrogens is 302 g/mol. The number of guanidine groups is 1. The fourth-order valence-corrected chi connectivity index (χ4v) is 2.53. The minimum atomic E-state index is 0.532. The lowest BCUT2D eigenvalue weighted by atomic mass is 10.2. The molecule has 0 amide bonds. The molecule has 0 radical (unpaired) electrons. The lowest BCUT2D eigenvalue weighted by molar-refractivity contribution is 0.311. The van der Waals surface area contributed by atoms with E-state index in [1.165, 1.54) is 6.42 Å². The minimum absolute atomic E-state index is 0.532. The van der Waals surface area contributed by atoms with Crippen LogP contribution in [0.5, 0.6) is 11.5 Å². The Morgan fingerprint density at radius 1 is 1.45 bits per heavy atom. The molecule has 1 saturated carbocycles. The maximum atomic E-state index is 6.28. The standard InChI is InChI=1S/C16H24ClN3O2/c1-5-22-15-12(17)7-11(8-14(15)21-4)9-19-16(18-3)20-13-6-10(13)2/h7-8,10,13H,5-6,9H2,1-4H3,(H2,18,19,20). The topological polar surface area (TPSA) is 54.9 Å². The van der Waals surface area contributed by atoms with Crippen LogP contribution in [0, 0.1) is 5.92 Å². The zero-order chi connectivity index (χ0) is 16.1. The van der Waals surface area contributed by atoms with E-state index in [9.17, 15) is 0 Å². The monoisotopic (exact) mass is 325 g/mol. The highest BCUT2D eigenvalue weighted by Crippen LogP contribution is 2.36. The summed E-state index contributed by atoms with van der Waals surface area (Å²) < 4.78 is 10.9. The SMILES string of the molecule is CCOc1c(Cl)cc(CNC(=NC)NC2CC2C)cc1OC. The zero-order valence-corrected chi connectivity index (χ0v) is 14.3. The van der Waals surface area contributed by atoms with Crippen LogP contribution in [0.15, 0.2) is 17.1 Å². The Labute approximate surface area is 137 Å². The Kier molecular flexibility index (Phi) is 5.77. The maximum absolute atomic E-state index is 6.28. The summed E-state index contributed by atoms with van der Waals surface area (Å²) in [6.45, 7) is 5.30. The molecular formula is C16H24ClN3O2. The van der Waals surface area contributed by atoms with Crippen molar-refractivity contribution in [3.63, 3.8) is 0 Å². The third-order valence-corrected chi connectivity index (χ3v) is 3.97. The molecule has 6 heteroatoms. The van der Waals surface area contributed by atoms with Crippen molar-refractivity contribution in [1.82, 2.24) is 10.6 Å². The van der Waals surface area contributed by atoms with Gasteiger partial charge >= 0.3 is 0 Å². The number of methoxy groups -OCH3 is 1. The van der Waals surface area contributed by atoms with E-state index >= 15 is 0 Å². The van der Waals surface area contributed by atoms with Crippen LogP contribution in [0.25, 0.3) is 0 Å². The highest BCUT2D eigenvalue weighted by atomic mass is 35.5. The first-order valence-electron chi connectivity index (χ1n) is 7.55. The van der Waals surface area contributed by atoms with Gasteiger partial charge in [0.1, 0.15) is 0 Å². The Balaban J connectivity index is 2.01. The molecule has 0 saturated heterocycles. The number of halogens is 1. The number of nitrogens with zero attached hydrogens (tertiary/aromatic N) is 1. The van der Waals surface area contributed by atoms with Crippen LogP contribution in [-0.4, -0.2) is 32.8 Å². The molecule has 1 aliphatic carbocycles. The van der Waals surface area contributed by atoms with Gasteiger partial charge < -0.3 is 20.1 Å². The van der Waals surface area contributed by atoms with Crippen LogP contribution in [-0.2, 0) is 6.54 Å². The van der Waals surface area contributed by atoms with Gasteiger partial charge in [-0.3, -0.25) is 4.99 Å². The van der Waals surface area contributed by atoms with Crippen molar-refractivity contribution in [3.8, 4) is 11.5 Å². The van der Waals surface area contributed by atoms with Gasteiger partial charge in [0.05, 0.1) is 18.7 Å². The van der Waals surface area contributed by atoms with Crippen LogP contribution in [0.3, 0.4) is 0 Å². The second-order valence-electron chi connectivity index (χ2n) is 5.43. The van der Waals surface area contributed by atoms with E-state index in [0.29, 0.717) is 35.7 Å². The van der Waals surface area contributed by atoms with Crippen molar-refractivity contribution in [2.75, 3.05) is 20.8 Å². The van der Waals surface area contributed by atoms with Gasteiger partial charge in [-0.15, -0.1) is 0 Å². The van der Waals surface area contributed by atoms with Gasteiger partial charge in [0.2, 0.25) is 0 Å². The molecule has 1 aliphatic rings. The van der Waals surface area contributed by atoms with Crippen molar-refractivity contribution in [2.45, 2.75) is 32.9 Å². The normalized spacial score (nSPS) is 20.5. The van der Waals surface area contributed by atoms with Crippen LogP contribution in [0.1, 0.15) is 25.8 Å². The van der Waals surface area contributed by atoms with Gasteiger partial charge in [0, 0.05) is 19.6 Å². The number of rotatable bonds is 6. The summed E-state index contributed by atoms with van der Waals surface area (Å²) in [6.07, 6.45) is 1.20. The molecule has 1 fully saturated rings. The molecule has 1 aromatic carbocycles. The predicted molar refractivity (Wildman–Crippen MR) is 90.1 cm³/mol. The summed E-state index contributed by atoms with van der Waals surface area (Å²) in [7, 11) is 3.38. The summed E-state index contributed by atoms with van der Waals surface area (Å²) in [5.74, 6) is 2.76. The molecule has 5 nitrogen and oxygen atoms in total. The van der Waals surface area contributed by atoms with Crippen LogP contribution >= 0.6 is 11.6 Å². The summed E-state index contributed by atoms with van der Waals surface area (Å²) >= 11 is 6.28. The third kappa shape index (κ3) is 4.19. The van der Waals surface area contributed by atoms with E-state index < -0.39 is 0 Å². The lowest BCUT2D eigenvalue weighted by Crippen LogP contribution is -2.38. The van der Waals surface area contributed by atoms with Crippen molar-refractivity contribution >= 4 is 17.6 Å². The van der Waals surface area contributed by atoms with E-state index in [1.54, 1.807) is 14.2 Å². The van der Waals surface area contributed by atoms with Crippen molar-refractivity contribution in [2.24, 2.45) is 10.9 Å². The van der Waals surface area contributed by atoms with E-state index in [4.69, 9.17) is 21.1 Å². The first-order chi connectivity index (χ1) is 10.6. The van der Waals surface area contributed by atoms with Crippen LogP contribution < -0.4 is 20.1 Å². The molecule has 0 aromatic heterocycles. The van der Waals surface area contributed by atoms with Gasteiger partial charge in [-0.05, 0) is 37.0 Å². The average molecular weight is 326 g/mol. The minimum Gasteiger partial charge on any atom is -0.493 e. The molecule has 2 N–H and O–H groups in total. The number of hydrogen-bond acceptors (Lipinski definition) is 3.